The lowest BCUT2D eigenvalue weighted by Crippen LogP contribution is -2.17. The molecule has 1 aliphatic heterocycles. The molecule has 0 aromatic heterocycles. The summed E-state index contributed by atoms with van der Waals surface area (Å²) >= 11 is 0. The smallest absolute Gasteiger partial charge is 0.307 e. The lowest BCUT2D eigenvalue weighted by atomic mass is 9.99. The van der Waals surface area contributed by atoms with Crippen LogP contribution in [0.25, 0.3) is 0 Å². The Hall–Kier alpha value is -1.75. The number of nitrogens with one attached hydrogen (secondary N) is 1. The van der Waals surface area contributed by atoms with E-state index in [9.17, 15) is 4.79 Å². The third kappa shape index (κ3) is 2.41. The fraction of sp³-hybridized carbons (Fsp3) is 0.462. The fourth-order valence-corrected chi connectivity index (χ4v) is 2.27. The van der Waals surface area contributed by atoms with Crippen LogP contribution in [0.15, 0.2) is 18.2 Å². The lowest BCUT2D eigenvalue weighted by Gasteiger charge is -2.15. The van der Waals surface area contributed by atoms with Crippen molar-refractivity contribution >= 4 is 5.97 Å². The fourth-order valence-electron chi connectivity index (χ4n) is 2.27. The number of carboxylic acid groups (broad SMARTS) is 1. The Bertz CT molecular complexity index is 447. The summed E-state index contributed by atoms with van der Waals surface area (Å²) in [4.78, 5) is 10.9. The van der Waals surface area contributed by atoms with Crippen LogP contribution >= 0.6 is 0 Å². The number of hydrogen-bond acceptors (Lipinski definition) is 4. The zero-order chi connectivity index (χ0) is 13.1. The zero-order valence-electron chi connectivity index (χ0n) is 10.5. The molecule has 0 spiro atoms. The molecule has 0 amide bonds. The molecule has 2 rings (SSSR count). The van der Waals surface area contributed by atoms with E-state index in [1.54, 1.807) is 14.2 Å². The molecule has 1 saturated heterocycles. The number of rotatable bonds is 4. The lowest BCUT2D eigenvalue weighted by molar-refractivity contribution is -0.141. The van der Waals surface area contributed by atoms with Gasteiger partial charge in [0, 0.05) is 24.2 Å². The summed E-state index contributed by atoms with van der Waals surface area (Å²) in [6, 6.07) is 5.60. The van der Waals surface area contributed by atoms with Crippen LogP contribution in [0.4, 0.5) is 0 Å². The molecular weight excluding hydrogens is 234 g/mol. The Labute approximate surface area is 106 Å². The van der Waals surface area contributed by atoms with Gasteiger partial charge in [0.25, 0.3) is 0 Å². The number of methoxy groups -OCH3 is 2. The monoisotopic (exact) mass is 251 g/mol. The quantitative estimate of drug-likeness (QED) is 0.847. The van der Waals surface area contributed by atoms with Crippen LogP contribution in [-0.4, -0.2) is 31.8 Å². The SMILES string of the molecule is COc1ccc(C2CC(C(=O)O)CN2)c(OC)c1. The first-order chi connectivity index (χ1) is 8.65. The molecule has 0 radical (unpaired) electrons. The van der Waals surface area contributed by atoms with Gasteiger partial charge in [-0.25, -0.2) is 0 Å². The maximum Gasteiger partial charge on any atom is 0.307 e. The van der Waals surface area contributed by atoms with Gasteiger partial charge in [-0.2, -0.15) is 0 Å². The summed E-state index contributed by atoms with van der Waals surface area (Å²) in [7, 11) is 3.20. The summed E-state index contributed by atoms with van der Waals surface area (Å²) in [5, 5.41) is 12.2. The molecule has 5 heteroatoms. The van der Waals surface area contributed by atoms with Crippen LogP contribution in [-0.2, 0) is 4.79 Å². The van der Waals surface area contributed by atoms with Gasteiger partial charge in [-0.15, -0.1) is 0 Å². The van der Waals surface area contributed by atoms with Gasteiger partial charge in [0.15, 0.2) is 0 Å². The van der Waals surface area contributed by atoms with E-state index in [1.807, 2.05) is 18.2 Å². The van der Waals surface area contributed by atoms with E-state index in [0.29, 0.717) is 13.0 Å². The largest absolute Gasteiger partial charge is 0.497 e. The molecule has 0 bridgehead atoms. The minimum Gasteiger partial charge on any atom is -0.497 e. The molecule has 98 valence electrons. The molecule has 0 saturated carbocycles. The van der Waals surface area contributed by atoms with Crippen LogP contribution in [0, 0.1) is 5.92 Å². The molecule has 1 aliphatic rings. The third-order valence-electron chi connectivity index (χ3n) is 3.30. The minimum absolute atomic E-state index is 0.0203. The molecule has 2 unspecified atom stereocenters. The average Bonchev–Trinajstić information content (AvgIpc) is 2.87. The molecule has 1 heterocycles. The Kier molecular flexibility index (Phi) is 3.72. The van der Waals surface area contributed by atoms with Crippen molar-refractivity contribution in [2.45, 2.75) is 12.5 Å². The van der Waals surface area contributed by atoms with Gasteiger partial charge < -0.3 is 19.9 Å². The van der Waals surface area contributed by atoms with E-state index in [4.69, 9.17) is 14.6 Å². The summed E-state index contributed by atoms with van der Waals surface area (Å²) in [6.07, 6.45) is 0.581. The molecule has 5 nitrogen and oxygen atoms in total. The first kappa shape index (κ1) is 12.7. The highest BCUT2D eigenvalue weighted by Gasteiger charge is 2.31. The second kappa shape index (κ2) is 5.27. The van der Waals surface area contributed by atoms with E-state index in [1.165, 1.54) is 0 Å². The van der Waals surface area contributed by atoms with Gasteiger partial charge >= 0.3 is 5.97 Å². The highest BCUT2D eigenvalue weighted by atomic mass is 16.5. The van der Waals surface area contributed by atoms with E-state index >= 15 is 0 Å². The molecule has 18 heavy (non-hydrogen) atoms. The predicted molar refractivity (Wildman–Crippen MR) is 66.0 cm³/mol. The minimum atomic E-state index is -0.752. The second-order valence-corrected chi connectivity index (χ2v) is 4.34. The van der Waals surface area contributed by atoms with Crippen LogP contribution in [0.2, 0.25) is 0 Å². The first-order valence-electron chi connectivity index (χ1n) is 5.83. The van der Waals surface area contributed by atoms with Crippen molar-refractivity contribution in [2.24, 2.45) is 5.92 Å². The predicted octanol–water partition coefficient (Wildman–Crippen LogP) is 1.44. The summed E-state index contributed by atoms with van der Waals surface area (Å²) < 4.78 is 10.5. The number of ether oxygens (including phenoxy) is 2. The second-order valence-electron chi connectivity index (χ2n) is 4.34. The van der Waals surface area contributed by atoms with Crippen LogP contribution in [0.1, 0.15) is 18.0 Å². The van der Waals surface area contributed by atoms with E-state index in [2.05, 4.69) is 5.32 Å². The molecule has 2 N–H and O–H groups in total. The van der Waals surface area contributed by atoms with E-state index in [0.717, 1.165) is 17.1 Å². The maximum absolute atomic E-state index is 10.9. The normalized spacial score (nSPS) is 22.8. The van der Waals surface area contributed by atoms with Crippen LogP contribution in [0.3, 0.4) is 0 Å². The average molecular weight is 251 g/mol. The zero-order valence-corrected chi connectivity index (χ0v) is 10.5. The van der Waals surface area contributed by atoms with Gasteiger partial charge in [-0.1, -0.05) is 6.07 Å². The standard InChI is InChI=1S/C13H17NO4/c1-17-9-3-4-10(12(6-9)18-2)11-5-8(7-14-11)13(15)16/h3-4,6,8,11,14H,5,7H2,1-2H3,(H,15,16). The van der Waals surface area contributed by atoms with Gasteiger partial charge in [0.1, 0.15) is 11.5 Å². The first-order valence-corrected chi connectivity index (χ1v) is 5.83. The van der Waals surface area contributed by atoms with Crippen LogP contribution in [0.5, 0.6) is 11.5 Å². The van der Waals surface area contributed by atoms with Crippen LogP contribution < -0.4 is 14.8 Å². The highest BCUT2D eigenvalue weighted by molar-refractivity contribution is 5.71. The van der Waals surface area contributed by atoms with Crippen molar-refractivity contribution in [3.8, 4) is 11.5 Å². The van der Waals surface area contributed by atoms with Crippen molar-refractivity contribution < 1.29 is 19.4 Å². The van der Waals surface area contributed by atoms with Crippen molar-refractivity contribution in [3.05, 3.63) is 23.8 Å². The third-order valence-corrected chi connectivity index (χ3v) is 3.30. The Balaban J connectivity index is 2.21. The topological polar surface area (TPSA) is 67.8 Å². The van der Waals surface area contributed by atoms with Crippen molar-refractivity contribution in [1.29, 1.82) is 0 Å². The highest BCUT2D eigenvalue weighted by Crippen LogP contribution is 2.35. The Morgan fingerprint density at radius 1 is 1.39 bits per heavy atom. The van der Waals surface area contributed by atoms with Gasteiger partial charge in [0.2, 0.25) is 0 Å². The molecule has 0 aliphatic carbocycles. The molecule has 1 fully saturated rings. The number of aliphatic carboxylic acids is 1. The van der Waals surface area contributed by atoms with Crippen molar-refractivity contribution in [2.75, 3.05) is 20.8 Å². The molecule has 1 aromatic rings. The summed E-state index contributed by atoms with van der Waals surface area (Å²) in [5.41, 5.74) is 0.974. The maximum atomic E-state index is 10.9. The Morgan fingerprint density at radius 2 is 2.17 bits per heavy atom. The summed E-state index contributed by atoms with van der Waals surface area (Å²) in [6.45, 7) is 0.495. The number of benzene rings is 1. The molecule has 1 aromatic carbocycles. The molecular formula is C13H17NO4. The Morgan fingerprint density at radius 3 is 2.72 bits per heavy atom. The number of hydrogen-bond donors (Lipinski definition) is 2. The van der Waals surface area contributed by atoms with Crippen molar-refractivity contribution in [1.82, 2.24) is 5.32 Å². The molecule has 2 atom stereocenters. The number of carbonyl (C=O) groups is 1. The van der Waals surface area contributed by atoms with Gasteiger partial charge in [0.05, 0.1) is 20.1 Å². The van der Waals surface area contributed by atoms with Gasteiger partial charge in [-0.05, 0) is 12.5 Å². The van der Waals surface area contributed by atoms with Crippen molar-refractivity contribution in [3.63, 3.8) is 0 Å². The number of carboxylic acids is 1. The van der Waals surface area contributed by atoms with E-state index in [-0.39, 0.29) is 12.0 Å². The van der Waals surface area contributed by atoms with Gasteiger partial charge in [-0.3, -0.25) is 4.79 Å². The van der Waals surface area contributed by atoms with E-state index < -0.39 is 5.97 Å². The summed E-state index contributed by atoms with van der Waals surface area (Å²) in [5.74, 6) is 0.362.